The van der Waals surface area contributed by atoms with E-state index in [0.717, 1.165) is 19.3 Å². The third kappa shape index (κ3) is 5.04. The number of hydrogen-bond acceptors (Lipinski definition) is 4. The average molecular weight is 339 g/mol. The summed E-state index contributed by atoms with van der Waals surface area (Å²) >= 11 is 0. The lowest BCUT2D eigenvalue weighted by molar-refractivity contribution is 0.0921. The second kappa shape index (κ2) is 7.93. The second-order valence-electron chi connectivity index (χ2n) is 6.28. The summed E-state index contributed by atoms with van der Waals surface area (Å²) in [6.07, 6.45) is 4.39. The van der Waals surface area contributed by atoms with Crippen molar-refractivity contribution < 1.29 is 17.9 Å². The lowest BCUT2D eigenvalue weighted by Gasteiger charge is -2.27. The Kier molecular flexibility index (Phi) is 6.18. The Hall–Kier alpha value is -1.40. The summed E-state index contributed by atoms with van der Waals surface area (Å²) in [5.74, 6) is 0.446. The number of carbonyl (C=O) groups is 1. The molecule has 0 bridgehead atoms. The molecule has 1 amide bonds. The minimum Gasteiger partial charge on any atom is -0.384 e. The Labute approximate surface area is 138 Å². The summed E-state index contributed by atoms with van der Waals surface area (Å²) < 4.78 is 28.9. The van der Waals surface area contributed by atoms with Gasteiger partial charge in [-0.2, -0.15) is 0 Å². The summed E-state index contributed by atoms with van der Waals surface area (Å²) in [5, 5.41) is 3.05. The van der Waals surface area contributed by atoms with Gasteiger partial charge >= 0.3 is 0 Å². The molecule has 1 N–H and O–H groups in total. The minimum absolute atomic E-state index is 0.0605. The van der Waals surface area contributed by atoms with Crippen LogP contribution in [0.15, 0.2) is 29.2 Å². The molecular weight excluding hydrogens is 314 g/mol. The van der Waals surface area contributed by atoms with Crippen molar-refractivity contribution in [1.82, 2.24) is 5.32 Å². The fraction of sp³-hybridized carbons (Fsp3) is 0.588. The van der Waals surface area contributed by atoms with E-state index < -0.39 is 9.84 Å². The number of carbonyl (C=O) groups excluding carboxylic acids is 1. The third-order valence-electron chi connectivity index (χ3n) is 4.30. The van der Waals surface area contributed by atoms with Crippen LogP contribution in [-0.2, 0) is 14.6 Å². The van der Waals surface area contributed by atoms with E-state index in [2.05, 4.69) is 12.2 Å². The van der Waals surface area contributed by atoms with Crippen LogP contribution in [0.1, 0.15) is 43.0 Å². The SMILES string of the molecule is COCCS(=O)(=O)c1ccc(C(=O)N[C@H]2CCC[C@H](C)C2)cc1. The zero-order chi connectivity index (χ0) is 16.9. The molecular formula is C17H25NO4S. The van der Waals surface area contributed by atoms with Crippen LogP contribution in [0.3, 0.4) is 0 Å². The van der Waals surface area contributed by atoms with Crippen molar-refractivity contribution in [2.24, 2.45) is 5.92 Å². The molecule has 0 spiro atoms. The van der Waals surface area contributed by atoms with Crippen LogP contribution in [0.25, 0.3) is 0 Å². The molecule has 0 heterocycles. The minimum atomic E-state index is -3.36. The average Bonchev–Trinajstić information content (AvgIpc) is 2.53. The maximum atomic E-state index is 12.3. The molecule has 1 aromatic rings. The van der Waals surface area contributed by atoms with Crippen LogP contribution >= 0.6 is 0 Å². The van der Waals surface area contributed by atoms with Gasteiger partial charge in [0.05, 0.1) is 17.3 Å². The van der Waals surface area contributed by atoms with Gasteiger partial charge in [-0.15, -0.1) is 0 Å². The fourth-order valence-corrected chi connectivity index (χ4v) is 4.13. The molecule has 0 aliphatic heterocycles. The summed E-state index contributed by atoms with van der Waals surface area (Å²) in [6.45, 7) is 2.36. The van der Waals surface area contributed by atoms with Gasteiger partial charge in [-0.1, -0.05) is 19.8 Å². The lowest BCUT2D eigenvalue weighted by atomic mass is 9.87. The van der Waals surface area contributed by atoms with E-state index in [9.17, 15) is 13.2 Å². The predicted octanol–water partition coefficient (Wildman–Crippen LogP) is 2.42. The van der Waals surface area contributed by atoms with Crippen LogP contribution in [0.5, 0.6) is 0 Å². The molecule has 1 saturated carbocycles. The van der Waals surface area contributed by atoms with Crippen molar-refractivity contribution in [2.45, 2.75) is 43.5 Å². The highest BCUT2D eigenvalue weighted by molar-refractivity contribution is 7.91. The number of benzene rings is 1. The molecule has 6 heteroatoms. The van der Waals surface area contributed by atoms with Crippen LogP contribution < -0.4 is 5.32 Å². The van der Waals surface area contributed by atoms with Crippen LogP contribution in [0.2, 0.25) is 0 Å². The standard InChI is InChI=1S/C17H25NO4S/c1-13-4-3-5-15(12-13)18-17(19)14-6-8-16(9-7-14)23(20,21)11-10-22-2/h6-9,13,15H,3-5,10-12H2,1-2H3,(H,18,19)/t13-,15-/m0/s1. The zero-order valence-electron chi connectivity index (χ0n) is 13.7. The molecule has 0 radical (unpaired) electrons. The highest BCUT2D eigenvalue weighted by atomic mass is 32.2. The zero-order valence-corrected chi connectivity index (χ0v) is 14.6. The number of nitrogens with one attached hydrogen (secondary N) is 1. The maximum absolute atomic E-state index is 12.3. The second-order valence-corrected chi connectivity index (χ2v) is 8.39. The van der Waals surface area contributed by atoms with Gasteiger partial charge in [0.15, 0.2) is 9.84 Å². The van der Waals surface area contributed by atoms with Crippen molar-refractivity contribution in [3.05, 3.63) is 29.8 Å². The molecule has 1 aliphatic carbocycles. The highest BCUT2D eigenvalue weighted by Gasteiger charge is 2.21. The largest absolute Gasteiger partial charge is 0.384 e. The Bertz CT molecular complexity index is 624. The van der Waals surface area contributed by atoms with E-state index >= 15 is 0 Å². The van der Waals surface area contributed by atoms with E-state index in [4.69, 9.17) is 4.74 Å². The molecule has 128 valence electrons. The molecule has 0 unspecified atom stereocenters. The maximum Gasteiger partial charge on any atom is 0.251 e. The van der Waals surface area contributed by atoms with E-state index in [1.807, 2.05) is 0 Å². The number of methoxy groups -OCH3 is 1. The van der Waals surface area contributed by atoms with Crippen LogP contribution in [0, 0.1) is 5.92 Å². The van der Waals surface area contributed by atoms with E-state index in [0.29, 0.717) is 11.5 Å². The molecule has 0 saturated heterocycles. The molecule has 5 nitrogen and oxygen atoms in total. The quantitative estimate of drug-likeness (QED) is 0.864. The molecule has 0 aromatic heterocycles. The first-order valence-electron chi connectivity index (χ1n) is 8.05. The van der Waals surface area contributed by atoms with Gasteiger partial charge in [-0.25, -0.2) is 8.42 Å². The molecule has 1 fully saturated rings. The number of ether oxygens (including phenoxy) is 1. The first kappa shape index (κ1) is 17.9. The Balaban J connectivity index is 2.00. The first-order chi connectivity index (χ1) is 10.9. The van der Waals surface area contributed by atoms with Crippen molar-refractivity contribution in [1.29, 1.82) is 0 Å². The van der Waals surface area contributed by atoms with E-state index in [-0.39, 0.29) is 29.2 Å². The van der Waals surface area contributed by atoms with Crippen LogP contribution in [-0.4, -0.2) is 39.8 Å². The Morgan fingerprint density at radius 1 is 1.26 bits per heavy atom. The van der Waals surface area contributed by atoms with Crippen molar-refractivity contribution in [3.63, 3.8) is 0 Å². The van der Waals surface area contributed by atoms with Gasteiger partial charge in [-0.05, 0) is 43.0 Å². The lowest BCUT2D eigenvalue weighted by Crippen LogP contribution is -2.37. The topological polar surface area (TPSA) is 72.5 Å². The first-order valence-corrected chi connectivity index (χ1v) is 9.70. The Morgan fingerprint density at radius 2 is 1.96 bits per heavy atom. The van der Waals surface area contributed by atoms with Gasteiger partial charge in [0.25, 0.3) is 5.91 Å². The number of hydrogen-bond donors (Lipinski definition) is 1. The number of rotatable bonds is 6. The molecule has 1 aliphatic rings. The number of sulfone groups is 1. The summed E-state index contributed by atoms with van der Waals surface area (Å²) in [7, 11) is -1.89. The summed E-state index contributed by atoms with van der Waals surface area (Å²) in [6, 6.07) is 6.34. The molecule has 2 rings (SSSR count). The van der Waals surface area contributed by atoms with Crippen molar-refractivity contribution >= 4 is 15.7 Å². The molecule has 1 aromatic carbocycles. The van der Waals surface area contributed by atoms with Crippen LogP contribution in [0.4, 0.5) is 0 Å². The smallest absolute Gasteiger partial charge is 0.251 e. The van der Waals surface area contributed by atoms with Crippen molar-refractivity contribution in [2.75, 3.05) is 19.5 Å². The van der Waals surface area contributed by atoms with Gasteiger partial charge in [0, 0.05) is 18.7 Å². The van der Waals surface area contributed by atoms with Gasteiger partial charge in [0.2, 0.25) is 0 Å². The fourth-order valence-electron chi connectivity index (χ4n) is 2.96. The number of amides is 1. The normalized spacial score (nSPS) is 21.8. The Morgan fingerprint density at radius 3 is 2.57 bits per heavy atom. The molecule has 2 atom stereocenters. The van der Waals surface area contributed by atoms with Gasteiger partial charge in [0.1, 0.15) is 0 Å². The van der Waals surface area contributed by atoms with Gasteiger partial charge in [-0.3, -0.25) is 4.79 Å². The summed E-state index contributed by atoms with van der Waals surface area (Å²) in [5.41, 5.74) is 0.494. The van der Waals surface area contributed by atoms with Crippen molar-refractivity contribution in [3.8, 4) is 0 Å². The van der Waals surface area contributed by atoms with E-state index in [1.165, 1.54) is 25.7 Å². The third-order valence-corrected chi connectivity index (χ3v) is 6.00. The predicted molar refractivity (Wildman–Crippen MR) is 89.3 cm³/mol. The molecule has 23 heavy (non-hydrogen) atoms. The highest BCUT2D eigenvalue weighted by Crippen LogP contribution is 2.23. The summed E-state index contributed by atoms with van der Waals surface area (Å²) in [4.78, 5) is 12.5. The van der Waals surface area contributed by atoms with E-state index in [1.54, 1.807) is 12.1 Å². The van der Waals surface area contributed by atoms with Gasteiger partial charge < -0.3 is 10.1 Å². The monoisotopic (exact) mass is 339 g/mol.